The number of hydrogen-bond acceptors (Lipinski definition) is 7. The molecule has 1 saturated heterocycles. The summed E-state index contributed by atoms with van der Waals surface area (Å²) in [4.78, 5) is 11.2. The summed E-state index contributed by atoms with van der Waals surface area (Å²) in [5.41, 5.74) is 6.61. The molecule has 2 heterocycles. The van der Waals surface area contributed by atoms with Gasteiger partial charge in [-0.25, -0.2) is 4.98 Å². The number of anilines is 2. The summed E-state index contributed by atoms with van der Waals surface area (Å²) in [5.74, 6) is 1.91. The number of morpholine rings is 1. The van der Waals surface area contributed by atoms with Crippen molar-refractivity contribution in [3.63, 3.8) is 0 Å². The van der Waals surface area contributed by atoms with Crippen molar-refractivity contribution in [2.45, 2.75) is 26.7 Å². The van der Waals surface area contributed by atoms with Crippen LogP contribution in [0.15, 0.2) is 0 Å². The number of hydrogen-bond donors (Lipinski definition) is 2. The van der Waals surface area contributed by atoms with Crippen molar-refractivity contribution in [3.05, 3.63) is 5.82 Å². The molecule has 1 aliphatic rings. The standard InChI is InChI=1S/C15H27N5O2/c1-3-9-22-15-13(16)14(18-12(4-2)19-15)17-5-6-20-7-10-21-11-8-20/h3-11,16H2,1-2H3,(H,17,18,19). The zero-order valence-corrected chi connectivity index (χ0v) is 13.6. The Kier molecular flexibility index (Phi) is 6.67. The fraction of sp³-hybridized carbons (Fsp3) is 0.733. The summed E-state index contributed by atoms with van der Waals surface area (Å²) in [5, 5.41) is 3.31. The molecule has 1 fully saturated rings. The molecule has 0 atom stereocenters. The van der Waals surface area contributed by atoms with Crippen molar-refractivity contribution in [3.8, 4) is 5.88 Å². The molecule has 0 unspecified atom stereocenters. The molecule has 22 heavy (non-hydrogen) atoms. The zero-order chi connectivity index (χ0) is 15.8. The average Bonchev–Trinajstić information content (AvgIpc) is 2.56. The van der Waals surface area contributed by atoms with E-state index >= 15 is 0 Å². The van der Waals surface area contributed by atoms with E-state index in [0.29, 0.717) is 24.0 Å². The molecule has 7 heteroatoms. The van der Waals surface area contributed by atoms with Gasteiger partial charge in [0.1, 0.15) is 11.5 Å². The predicted octanol–water partition coefficient (Wildman–Crippen LogP) is 1.15. The van der Waals surface area contributed by atoms with Crippen LogP contribution in [0.5, 0.6) is 5.88 Å². The van der Waals surface area contributed by atoms with Crippen LogP contribution in [-0.4, -0.2) is 60.9 Å². The van der Waals surface area contributed by atoms with Gasteiger partial charge in [-0.1, -0.05) is 13.8 Å². The lowest BCUT2D eigenvalue weighted by atomic mass is 10.3. The van der Waals surface area contributed by atoms with E-state index in [1.54, 1.807) is 0 Å². The largest absolute Gasteiger partial charge is 0.476 e. The van der Waals surface area contributed by atoms with E-state index in [2.05, 4.69) is 27.1 Å². The number of rotatable bonds is 8. The van der Waals surface area contributed by atoms with Crippen molar-refractivity contribution >= 4 is 11.5 Å². The monoisotopic (exact) mass is 309 g/mol. The van der Waals surface area contributed by atoms with Crippen LogP contribution in [0.25, 0.3) is 0 Å². The molecule has 0 aliphatic carbocycles. The smallest absolute Gasteiger partial charge is 0.242 e. The maximum atomic E-state index is 6.12. The fourth-order valence-electron chi connectivity index (χ4n) is 2.25. The summed E-state index contributed by atoms with van der Waals surface area (Å²) < 4.78 is 11.0. The summed E-state index contributed by atoms with van der Waals surface area (Å²) in [6.07, 6.45) is 1.67. The van der Waals surface area contributed by atoms with Crippen LogP contribution in [0, 0.1) is 0 Å². The highest BCUT2D eigenvalue weighted by Crippen LogP contribution is 2.26. The maximum Gasteiger partial charge on any atom is 0.242 e. The van der Waals surface area contributed by atoms with E-state index in [1.807, 2.05) is 6.92 Å². The molecule has 1 aliphatic heterocycles. The lowest BCUT2D eigenvalue weighted by Gasteiger charge is -2.26. The third kappa shape index (κ3) is 4.71. The summed E-state index contributed by atoms with van der Waals surface area (Å²) in [6.45, 7) is 9.99. The van der Waals surface area contributed by atoms with E-state index < -0.39 is 0 Å². The number of nitrogens with zero attached hydrogens (tertiary/aromatic N) is 3. The number of aromatic nitrogens is 2. The quantitative estimate of drug-likeness (QED) is 0.745. The predicted molar refractivity (Wildman–Crippen MR) is 87.4 cm³/mol. The zero-order valence-electron chi connectivity index (χ0n) is 13.6. The van der Waals surface area contributed by atoms with Gasteiger partial charge in [0.2, 0.25) is 5.88 Å². The van der Waals surface area contributed by atoms with Crippen LogP contribution < -0.4 is 15.8 Å². The van der Waals surface area contributed by atoms with Crippen molar-refractivity contribution in [2.75, 3.05) is 57.1 Å². The Labute approximate surface area is 132 Å². The highest BCUT2D eigenvalue weighted by atomic mass is 16.5. The van der Waals surface area contributed by atoms with Crippen LogP contribution in [0.4, 0.5) is 11.5 Å². The Morgan fingerprint density at radius 1 is 1.27 bits per heavy atom. The highest BCUT2D eigenvalue weighted by Gasteiger charge is 2.13. The molecule has 124 valence electrons. The van der Waals surface area contributed by atoms with Gasteiger partial charge in [-0.2, -0.15) is 4.98 Å². The second-order valence-electron chi connectivity index (χ2n) is 5.29. The van der Waals surface area contributed by atoms with Crippen LogP contribution in [0.3, 0.4) is 0 Å². The summed E-state index contributed by atoms with van der Waals surface area (Å²) in [7, 11) is 0. The second kappa shape index (κ2) is 8.75. The van der Waals surface area contributed by atoms with Gasteiger partial charge in [0.15, 0.2) is 5.82 Å². The first-order valence-electron chi connectivity index (χ1n) is 8.07. The Balaban J connectivity index is 1.95. The van der Waals surface area contributed by atoms with Gasteiger partial charge in [-0.3, -0.25) is 4.90 Å². The molecule has 2 rings (SSSR count). The van der Waals surface area contributed by atoms with Crippen molar-refractivity contribution in [1.29, 1.82) is 0 Å². The highest BCUT2D eigenvalue weighted by molar-refractivity contribution is 5.66. The molecular formula is C15H27N5O2. The SMILES string of the molecule is CCCOc1nc(CC)nc(NCCN2CCOCC2)c1N. The van der Waals surface area contributed by atoms with Crippen LogP contribution in [0.2, 0.25) is 0 Å². The first-order chi connectivity index (χ1) is 10.7. The van der Waals surface area contributed by atoms with Gasteiger partial charge in [-0.15, -0.1) is 0 Å². The molecule has 0 bridgehead atoms. The Bertz CT molecular complexity index is 463. The number of ether oxygens (including phenoxy) is 2. The number of nitrogens with one attached hydrogen (secondary N) is 1. The number of nitrogen functional groups attached to an aromatic ring is 1. The Hall–Kier alpha value is -1.60. The van der Waals surface area contributed by atoms with Crippen molar-refractivity contribution in [2.24, 2.45) is 0 Å². The third-order valence-electron chi connectivity index (χ3n) is 3.54. The van der Waals surface area contributed by atoms with Crippen LogP contribution in [0.1, 0.15) is 26.1 Å². The molecule has 1 aromatic rings. The van der Waals surface area contributed by atoms with Gasteiger partial charge >= 0.3 is 0 Å². The maximum absolute atomic E-state index is 6.12. The summed E-state index contributed by atoms with van der Waals surface area (Å²) >= 11 is 0. The van der Waals surface area contributed by atoms with E-state index in [9.17, 15) is 0 Å². The lowest BCUT2D eigenvalue weighted by Crippen LogP contribution is -2.39. The molecule has 0 amide bonds. The van der Waals surface area contributed by atoms with Crippen LogP contribution >= 0.6 is 0 Å². The molecule has 1 aromatic heterocycles. The minimum atomic E-state index is 0.488. The second-order valence-corrected chi connectivity index (χ2v) is 5.29. The first-order valence-corrected chi connectivity index (χ1v) is 8.07. The van der Waals surface area contributed by atoms with E-state index in [-0.39, 0.29) is 0 Å². The molecule has 0 spiro atoms. The van der Waals surface area contributed by atoms with Gasteiger partial charge in [0.25, 0.3) is 0 Å². The molecule has 7 nitrogen and oxygen atoms in total. The average molecular weight is 309 g/mol. The number of nitrogens with two attached hydrogens (primary N) is 1. The van der Waals surface area contributed by atoms with Gasteiger partial charge in [-0.05, 0) is 6.42 Å². The fourth-order valence-corrected chi connectivity index (χ4v) is 2.25. The van der Waals surface area contributed by atoms with E-state index in [0.717, 1.165) is 58.1 Å². The van der Waals surface area contributed by atoms with E-state index in [4.69, 9.17) is 15.2 Å². The normalized spacial score (nSPS) is 15.7. The molecule has 0 saturated carbocycles. The van der Waals surface area contributed by atoms with Gasteiger partial charge in [0.05, 0.1) is 19.8 Å². The summed E-state index contributed by atoms with van der Waals surface area (Å²) in [6, 6.07) is 0. The third-order valence-corrected chi connectivity index (χ3v) is 3.54. The van der Waals surface area contributed by atoms with Crippen molar-refractivity contribution in [1.82, 2.24) is 14.9 Å². The Morgan fingerprint density at radius 2 is 2.05 bits per heavy atom. The number of aryl methyl sites for hydroxylation is 1. The lowest BCUT2D eigenvalue weighted by molar-refractivity contribution is 0.0398. The van der Waals surface area contributed by atoms with Gasteiger partial charge in [0, 0.05) is 32.6 Å². The minimum Gasteiger partial charge on any atom is -0.476 e. The van der Waals surface area contributed by atoms with Crippen molar-refractivity contribution < 1.29 is 9.47 Å². The molecule has 3 N–H and O–H groups in total. The molecule has 0 radical (unpaired) electrons. The van der Waals surface area contributed by atoms with E-state index in [1.165, 1.54) is 0 Å². The topological polar surface area (TPSA) is 85.5 Å². The minimum absolute atomic E-state index is 0.488. The molecule has 0 aromatic carbocycles. The molecular weight excluding hydrogens is 282 g/mol. The first kappa shape index (κ1) is 16.8. The van der Waals surface area contributed by atoms with Crippen LogP contribution in [-0.2, 0) is 11.2 Å². The Morgan fingerprint density at radius 3 is 2.73 bits per heavy atom. The van der Waals surface area contributed by atoms with Gasteiger partial charge < -0.3 is 20.5 Å².